The Morgan fingerprint density at radius 3 is 2.55 bits per heavy atom. The molecule has 1 aliphatic rings. The van der Waals surface area contributed by atoms with Crippen LogP contribution in [0.15, 0.2) is 30.6 Å². The first-order chi connectivity index (χ1) is 9.75. The normalized spacial score (nSPS) is 15.4. The molecule has 0 radical (unpaired) electrons. The van der Waals surface area contributed by atoms with Crippen LogP contribution >= 0.6 is 0 Å². The molecule has 1 aromatic carbocycles. The van der Waals surface area contributed by atoms with Crippen LogP contribution < -0.4 is 0 Å². The quantitative estimate of drug-likeness (QED) is 0.852. The van der Waals surface area contributed by atoms with Crippen LogP contribution in [0.25, 0.3) is 5.69 Å². The molecule has 1 heterocycles. The maximum absolute atomic E-state index is 12.4. The summed E-state index contributed by atoms with van der Waals surface area (Å²) in [6, 6.07) is 7.75. The van der Waals surface area contributed by atoms with Crippen molar-refractivity contribution in [3.05, 3.63) is 36.2 Å². The van der Waals surface area contributed by atoms with Gasteiger partial charge in [-0.2, -0.15) is 0 Å². The van der Waals surface area contributed by atoms with Crippen LogP contribution in [-0.2, 0) is 0 Å². The van der Waals surface area contributed by atoms with Crippen LogP contribution in [0.2, 0.25) is 0 Å². The molecule has 1 fully saturated rings. The number of carbonyl (C=O) groups is 1. The molecule has 0 aliphatic heterocycles. The maximum atomic E-state index is 12.4. The standard InChI is InChI=1S/C14H17N5O/c1-18(12-4-2-3-5-12)14(20)11-6-8-13(9-7-11)19-10-15-16-17-19/h6-10,12H,2-5H2,1H3. The van der Waals surface area contributed by atoms with Crippen molar-refractivity contribution < 1.29 is 4.79 Å². The van der Waals surface area contributed by atoms with Gasteiger partial charge < -0.3 is 4.90 Å². The van der Waals surface area contributed by atoms with E-state index in [2.05, 4.69) is 15.5 Å². The molecule has 20 heavy (non-hydrogen) atoms. The molecule has 1 saturated carbocycles. The first-order valence-electron chi connectivity index (χ1n) is 6.86. The van der Waals surface area contributed by atoms with Gasteiger partial charge in [-0.25, -0.2) is 4.68 Å². The zero-order valence-electron chi connectivity index (χ0n) is 11.4. The van der Waals surface area contributed by atoms with Crippen LogP contribution in [0.1, 0.15) is 36.0 Å². The van der Waals surface area contributed by atoms with Crippen molar-refractivity contribution in [1.29, 1.82) is 0 Å². The van der Waals surface area contributed by atoms with Gasteiger partial charge in [0.25, 0.3) is 5.91 Å². The van der Waals surface area contributed by atoms with E-state index >= 15 is 0 Å². The second kappa shape index (κ2) is 5.40. The SMILES string of the molecule is CN(C(=O)c1ccc(-n2cnnn2)cc1)C1CCCC1. The van der Waals surface area contributed by atoms with Crippen molar-refractivity contribution in [3.63, 3.8) is 0 Å². The Labute approximate surface area is 117 Å². The van der Waals surface area contributed by atoms with E-state index in [-0.39, 0.29) is 5.91 Å². The van der Waals surface area contributed by atoms with E-state index in [1.54, 1.807) is 4.68 Å². The third kappa shape index (κ3) is 2.41. The predicted octanol–water partition coefficient (Wildman–Crippen LogP) is 1.68. The minimum atomic E-state index is 0.0835. The number of nitrogens with zero attached hydrogens (tertiary/aromatic N) is 5. The Morgan fingerprint density at radius 1 is 1.25 bits per heavy atom. The number of tetrazole rings is 1. The van der Waals surface area contributed by atoms with E-state index in [0.717, 1.165) is 18.5 Å². The Bertz CT molecular complexity index is 572. The second-order valence-corrected chi connectivity index (χ2v) is 5.16. The van der Waals surface area contributed by atoms with Crippen molar-refractivity contribution >= 4 is 5.91 Å². The van der Waals surface area contributed by atoms with E-state index in [1.807, 2.05) is 36.2 Å². The largest absolute Gasteiger partial charge is 0.339 e. The summed E-state index contributed by atoms with van der Waals surface area (Å²) in [7, 11) is 1.90. The van der Waals surface area contributed by atoms with Gasteiger partial charge in [0, 0.05) is 18.7 Å². The summed E-state index contributed by atoms with van der Waals surface area (Å²) in [6.07, 6.45) is 6.21. The number of benzene rings is 1. The average molecular weight is 271 g/mol. The predicted molar refractivity (Wildman–Crippen MR) is 73.5 cm³/mol. The Kier molecular flexibility index (Phi) is 3.45. The molecule has 0 bridgehead atoms. The molecule has 1 aromatic heterocycles. The second-order valence-electron chi connectivity index (χ2n) is 5.16. The molecular weight excluding hydrogens is 254 g/mol. The smallest absolute Gasteiger partial charge is 0.253 e. The highest BCUT2D eigenvalue weighted by Crippen LogP contribution is 2.23. The van der Waals surface area contributed by atoms with Gasteiger partial charge in [0.1, 0.15) is 6.33 Å². The van der Waals surface area contributed by atoms with Crippen molar-refractivity contribution in [2.45, 2.75) is 31.7 Å². The van der Waals surface area contributed by atoms with Gasteiger partial charge in [-0.3, -0.25) is 4.79 Å². The van der Waals surface area contributed by atoms with Crippen LogP contribution in [0.4, 0.5) is 0 Å². The Morgan fingerprint density at radius 2 is 1.95 bits per heavy atom. The van der Waals surface area contributed by atoms with Gasteiger partial charge in [0.2, 0.25) is 0 Å². The molecule has 0 N–H and O–H groups in total. The van der Waals surface area contributed by atoms with Gasteiger partial charge in [-0.1, -0.05) is 12.8 Å². The zero-order valence-corrected chi connectivity index (χ0v) is 11.4. The first kappa shape index (κ1) is 12.8. The van der Waals surface area contributed by atoms with Gasteiger partial charge in [0.15, 0.2) is 0 Å². The summed E-state index contributed by atoms with van der Waals surface area (Å²) in [4.78, 5) is 14.3. The fourth-order valence-corrected chi connectivity index (χ4v) is 2.70. The van der Waals surface area contributed by atoms with Crippen LogP contribution in [0.5, 0.6) is 0 Å². The molecule has 1 aliphatic carbocycles. The lowest BCUT2D eigenvalue weighted by Crippen LogP contribution is -2.35. The number of aromatic nitrogens is 4. The third-order valence-electron chi connectivity index (χ3n) is 3.92. The summed E-state index contributed by atoms with van der Waals surface area (Å²) >= 11 is 0. The lowest BCUT2D eigenvalue weighted by molar-refractivity contribution is 0.0735. The third-order valence-corrected chi connectivity index (χ3v) is 3.92. The summed E-state index contributed by atoms with van der Waals surface area (Å²) < 4.78 is 1.56. The monoisotopic (exact) mass is 271 g/mol. The molecule has 104 valence electrons. The molecule has 0 unspecified atom stereocenters. The Hall–Kier alpha value is -2.24. The van der Waals surface area contributed by atoms with E-state index in [4.69, 9.17) is 0 Å². The minimum absolute atomic E-state index is 0.0835. The Balaban J connectivity index is 1.75. The highest BCUT2D eigenvalue weighted by molar-refractivity contribution is 5.94. The molecule has 6 heteroatoms. The highest BCUT2D eigenvalue weighted by Gasteiger charge is 2.24. The van der Waals surface area contributed by atoms with Crippen molar-refractivity contribution in [2.75, 3.05) is 7.05 Å². The van der Waals surface area contributed by atoms with Crippen LogP contribution in [0.3, 0.4) is 0 Å². The number of carbonyl (C=O) groups excluding carboxylic acids is 1. The maximum Gasteiger partial charge on any atom is 0.253 e. The van der Waals surface area contributed by atoms with Gasteiger partial charge in [-0.15, -0.1) is 5.10 Å². The summed E-state index contributed by atoms with van der Waals surface area (Å²) in [5.41, 5.74) is 1.55. The number of hydrogen-bond acceptors (Lipinski definition) is 4. The lowest BCUT2D eigenvalue weighted by Gasteiger charge is -2.24. The molecule has 0 atom stereocenters. The molecule has 6 nitrogen and oxygen atoms in total. The highest BCUT2D eigenvalue weighted by atomic mass is 16.2. The topological polar surface area (TPSA) is 63.9 Å². The summed E-state index contributed by atoms with van der Waals surface area (Å²) in [6.45, 7) is 0. The fourth-order valence-electron chi connectivity index (χ4n) is 2.70. The van der Waals surface area contributed by atoms with Crippen molar-refractivity contribution in [2.24, 2.45) is 0 Å². The molecule has 0 saturated heterocycles. The number of hydrogen-bond donors (Lipinski definition) is 0. The lowest BCUT2D eigenvalue weighted by atomic mass is 10.1. The summed E-state index contributed by atoms with van der Waals surface area (Å²) in [5.74, 6) is 0.0835. The average Bonchev–Trinajstić information content (AvgIpc) is 3.18. The zero-order chi connectivity index (χ0) is 13.9. The van der Waals surface area contributed by atoms with E-state index in [1.165, 1.54) is 19.2 Å². The van der Waals surface area contributed by atoms with Gasteiger partial charge in [-0.05, 0) is 47.5 Å². The fraction of sp³-hybridized carbons (Fsp3) is 0.429. The molecule has 1 amide bonds. The van der Waals surface area contributed by atoms with Crippen LogP contribution in [0, 0.1) is 0 Å². The van der Waals surface area contributed by atoms with Crippen molar-refractivity contribution in [1.82, 2.24) is 25.1 Å². The number of amides is 1. The van der Waals surface area contributed by atoms with E-state index in [0.29, 0.717) is 11.6 Å². The van der Waals surface area contributed by atoms with E-state index < -0.39 is 0 Å². The minimum Gasteiger partial charge on any atom is -0.339 e. The molecule has 0 spiro atoms. The van der Waals surface area contributed by atoms with Crippen molar-refractivity contribution in [3.8, 4) is 5.69 Å². The molecule has 2 aromatic rings. The van der Waals surface area contributed by atoms with Gasteiger partial charge in [0.05, 0.1) is 5.69 Å². The first-order valence-corrected chi connectivity index (χ1v) is 6.86. The summed E-state index contributed by atoms with van der Waals surface area (Å²) in [5, 5.41) is 11.0. The van der Waals surface area contributed by atoms with E-state index in [9.17, 15) is 4.79 Å². The van der Waals surface area contributed by atoms with Gasteiger partial charge >= 0.3 is 0 Å². The molecule has 3 rings (SSSR count). The van der Waals surface area contributed by atoms with Crippen LogP contribution in [-0.4, -0.2) is 44.1 Å². The number of rotatable bonds is 3. The molecular formula is C14H17N5O.